The Morgan fingerprint density at radius 3 is 2.79 bits per heavy atom. The summed E-state index contributed by atoms with van der Waals surface area (Å²) in [7, 11) is 0. The number of hydrogen-bond acceptors (Lipinski definition) is 6. The summed E-state index contributed by atoms with van der Waals surface area (Å²) in [6.07, 6.45) is 0. The van der Waals surface area contributed by atoms with Gasteiger partial charge in [0.2, 0.25) is 11.0 Å². The Balaban J connectivity index is 1.68. The lowest BCUT2D eigenvalue weighted by atomic mass is 10.2. The smallest absolute Gasteiger partial charge is 0.237 e. The number of aromatic amines is 1. The van der Waals surface area contributed by atoms with Gasteiger partial charge in [0.15, 0.2) is 11.6 Å². The number of H-pyrrole nitrogens is 1. The van der Waals surface area contributed by atoms with E-state index in [0.29, 0.717) is 22.6 Å². The molecule has 0 amide bonds. The summed E-state index contributed by atoms with van der Waals surface area (Å²) in [6, 6.07) is 9.86. The molecule has 3 aromatic rings. The third-order valence-corrected chi connectivity index (χ3v) is 3.24. The van der Waals surface area contributed by atoms with Crippen molar-refractivity contribution in [2.75, 3.05) is 0 Å². The Bertz CT molecular complexity index is 664. The van der Waals surface area contributed by atoms with Crippen LogP contribution in [-0.4, -0.2) is 25.3 Å². The van der Waals surface area contributed by atoms with E-state index in [1.807, 2.05) is 30.3 Å². The Kier molecular flexibility index (Phi) is 3.28. The van der Waals surface area contributed by atoms with Crippen LogP contribution in [-0.2, 0) is 5.75 Å². The van der Waals surface area contributed by atoms with Crippen molar-refractivity contribution in [3.05, 3.63) is 42.0 Å². The van der Waals surface area contributed by atoms with Crippen molar-refractivity contribution in [2.45, 2.75) is 17.8 Å². The van der Waals surface area contributed by atoms with Crippen LogP contribution in [0.1, 0.15) is 11.7 Å². The highest BCUT2D eigenvalue weighted by Crippen LogP contribution is 2.21. The molecule has 2 heterocycles. The lowest BCUT2D eigenvalue weighted by Crippen LogP contribution is -1.82. The molecular formula is C12H11N5OS. The van der Waals surface area contributed by atoms with Crippen LogP contribution < -0.4 is 0 Å². The van der Waals surface area contributed by atoms with Crippen molar-refractivity contribution in [3.8, 4) is 11.4 Å². The largest absolute Gasteiger partial charge is 0.338 e. The SMILES string of the molecule is Cc1noc(CSc2n[nH]c(-c3ccccc3)n2)n1. The van der Waals surface area contributed by atoms with Crippen LogP contribution in [0.5, 0.6) is 0 Å². The number of thioether (sulfide) groups is 1. The summed E-state index contributed by atoms with van der Waals surface area (Å²) < 4.78 is 5.03. The molecule has 19 heavy (non-hydrogen) atoms. The summed E-state index contributed by atoms with van der Waals surface area (Å²) in [5, 5.41) is 11.5. The van der Waals surface area contributed by atoms with Gasteiger partial charge in [-0.15, -0.1) is 5.10 Å². The number of aromatic nitrogens is 5. The van der Waals surface area contributed by atoms with E-state index >= 15 is 0 Å². The second-order valence-electron chi connectivity index (χ2n) is 3.86. The summed E-state index contributed by atoms with van der Waals surface area (Å²) in [5.74, 6) is 2.53. The van der Waals surface area contributed by atoms with Gasteiger partial charge >= 0.3 is 0 Å². The average Bonchev–Trinajstić information content (AvgIpc) is 3.06. The first-order chi connectivity index (χ1) is 9.31. The fourth-order valence-corrected chi connectivity index (χ4v) is 2.20. The van der Waals surface area contributed by atoms with E-state index in [2.05, 4.69) is 25.3 Å². The van der Waals surface area contributed by atoms with Crippen LogP contribution in [0.15, 0.2) is 40.0 Å². The summed E-state index contributed by atoms with van der Waals surface area (Å²) in [6.45, 7) is 1.79. The van der Waals surface area contributed by atoms with Crippen molar-refractivity contribution in [1.82, 2.24) is 25.3 Å². The number of nitrogens with zero attached hydrogens (tertiary/aromatic N) is 4. The fourth-order valence-electron chi connectivity index (χ4n) is 1.56. The van der Waals surface area contributed by atoms with E-state index in [1.54, 1.807) is 6.92 Å². The first kappa shape index (κ1) is 11.9. The van der Waals surface area contributed by atoms with Gasteiger partial charge in [0.1, 0.15) is 0 Å². The zero-order valence-electron chi connectivity index (χ0n) is 10.2. The number of rotatable bonds is 4. The molecule has 0 aliphatic heterocycles. The predicted molar refractivity (Wildman–Crippen MR) is 70.4 cm³/mol. The molecule has 0 saturated heterocycles. The van der Waals surface area contributed by atoms with Crippen molar-refractivity contribution in [3.63, 3.8) is 0 Å². The molecule has 2 aromatic heterocycles. The topological polar surface area (TPSA) is 80.5 Å². The molecule has 0 aliphatic rings. The minimum Gasteiger partial charge on any atom is -0.338 e. The number of nitrogens with one attached hydrogen (secondary N) is 1. The van der Waals surface area contributed by atoms with E-state index in [9.17, 15) is 0 Å². The van der Waals surface area contributed by atoms with Gasteiger partial charge in [-0.3, -0.25) is 5.10 Å². The number of benzene rings is 1. The van der Waals surface area contributed by atoms with Crippen LogP contribution in [0.4, 0.5) is 0 Å². The minimum absolute atomic E-state index is 0.562. The highest BCUT2D eigenvalue weighted by atomic mass is 32.2. The summed E-state index contributed by atoms with van der Waals surface area (Å²) >= 11 is 1.45. The molecule has 0 spiro atoms. The van der Waals surface area contributed by atoms with Gasteiger partial charge in [0.05, 0.1) is 5.75 Å². The molecule has 96 valence electrons. The molecule has 0 radical (unpaired) electrons. The normalized spacial score (nSPS) is 10.8. The molecule has 0 bridgehead atoms. The standard InChI is InChI=1S/C12H11N5OS/c1-8-13-10(18-17-8)7-19-12-14-11(15-16-12)9-5-3-2-4-6-9/h2-6H,7H2,1H3,(H,14,15,16). The first-order valence-electron chi connectivity index (χ1n) is 5.71. The quantitative estimate of drug-likeness (QED) is 0.735. The van der Waals surface area contributed by atoms with Gasteiger partial charge < -0.3 is 4.52 Å². The van der Waals surface area contributed by atoms with Crippen molar-refractivity contribution in [1.29, 1.82) is 0 Å². The molecule has 1 N–H and O–H groups in total. The van der Waals surface area contributed by atoms with Gasteiger partial charge in [-0.1, -0.05) is 47.3 Å². The first-order valence-corrected chi connectivity index (χ1v) is 6.69. The summed E-state index contributed by atoms with van der Waals surface area (Å²) in [5.41, 5.74) is 1.01. The third kappa shape index (κ3) is 2.82. The maximum Gasteiger partial charge on any atom is 0.237 e. The predicted octanol–water partition coefficient (Wildman–Crippen LogP) is 2.46. The second kappa shape index (κ2) is 5.23. The Labute approximate surface area is 113 Å². The molecule has 7 heteroatoms. The Morgan fingerprint density at radius 1 is 1.21 bits per heavy atom. The van der Waals surface area contributed by atoms with Crippen molar-refractivity contribution < 1.29 is 4.52 Å². The number of hydrogen-bond donors (Lipinski definition) is 1. The van der Waals surface area contributed by atoms with Crippen molar-refractivity contribution >= 4 is 11.8 Å². The Morgan fingerprint density at radius 2 is 2.05 bits per heavy atom. The molecule has 0 fully saturated rings. The molecule has 1 aromatic carbocycles. The molecular weight excluding hydrogens is 262 g/mol. The monoisotopic (exact) mass is 273 g/mol. The molecule has 0 saturated carbocycles. The lowest BCUT2D eigenvalue weighted by Gasteiger charge is -1.92. The van der Waals surface area contributed by atoms with Crippen LogP contribution in [0.25, 0.3) is 11.4 Å². The molecule has 0 unspecified atom stereocenters. The van der Waals surface area contributed by atoms with E-state index in [0.717, 1.165) is 11.4 Å². The van der Waals surface area contributed by atoms with Crippen LogP contribution in [0.3, 0.4) is 0 Å². The van der Waals surface area contributed by atoms with Crippen LogP contribution in [0, 0.1) is 6.92 Å². The van der Waals surface area contributed by atoms with Crippen molar-refractivity contribution in [2.24, 2.45) is 0 Å². The fraction of sp³-hybridized carbons (Fsp3) is 0.167. The maximum absolute atomic E-state index is 5.03. The average molecular weight is 273 g/mol. The zero-order valence-corrected chi connectivity index (χ0v) is 11.0. The zero-order chi connectivity index (χ0) is 13.1. The molecule has 0 aliphatic carbocycles. The molecule has 3 rings (SSSR count). The minimum atomic E-state index is 0.562. The highest BCUT2D eigenvalue weighted by molar-refractivity contribution is 7.98. The third-order valence-electron chi connectivity index (χ3n) is 2.41. The second-order valence-corrected chi connectivity index (χ2v) is 4.80. The van der Waals surface area contributed by atoms with Gasteiger partial charge in [-0.2, -0.15) is 4.98 Å². The maximum atomic E-state index is 5.03. The lowest BCUT2D eigenvalue weighted by molar-refractivity contribution is 0.387. The van der Waals surface area contributed by atoms with Crippen LogP contribution in [0.2, 0.25) is 0 Å². The summed E-state index contributed by atoms with van der Waals surface area (Å²) in [4.78, 5) is 8.54. The molecule has 6 nitrogen and oxygen atoms in total. The van der Waals surface area contributed by atoms with E-state index in [4.69, 9.17) is 4.52 Å². The van der Waals surface area contributed by atoms with Gasteiger partial charge in [-0.05, 0) is 6.92 Å². The van der Waals surface area contributed by atoms with E-state index < -0.39 is 0 Å². The van der Waals surface area contributed by atoms with Gasteiger partial charge in [0.25, 0.3) is 0 Å². The Hall–Kier alpha value is -2.15. The van der Waals surface area contributed by atoms with Crippen LogP contribution >= 0.6 is 11.8 Å². The van der Waals surface area contributed by atoms with E-state index in [1.165, 1.54) is 11.8 Å². The van der Waals surface area contributed by atoms with Gasteiger partial charge in [-0.25, -0.2) is 4.98 Å². The van der Waals surface area contributed by atoms with E-state index in [-0.39, 0.29) is 0 Å². The highest BCUT2D eigenvalue weighted by Gasteiger charge is 2.08. The van der Waals surface area contributed by atoms with Gasteiger partial charge in [0, 0.05) is 5.56 Å². The number of aryl methyl sites for hydroxylation is 1. The molecule has 0 atom stereocenters.